The van der Waals surface area contributed by atoms with Gasteiger partial charge in [0.1, 0.15) is 17.1 Å². The van der Waals surface area contributed by atoms with Crippen LogP contribution in [0, 0.1) is 10.1 Å². The maximum atomic E-state index is 11.0. The minimum absolute atomic E-state index is 0.0698. The second-order valence-electron chi connectivity index (χ2n) is 4.58. The number of nitro groups is 1. The first kappa shape index (κ1) is 13.6. The van der Waals surface area contributed by atoms with E-state index in [1.165, 1.54) is 36.4 Å². The topological polar surface area (TPSA) is 129 Å². The highest BCUT2D eigenvalue weighted by atomic mass is 16.6. The molecule has 3 rings (SSSR count). The molecule has 22 heavy (non-hydrogen) atoms. The molecule has 0 aliphatic carbocycles. The summed E-state index contributed by atoms with van der Waals surface area (Å²) >= 11 is 0. The molecule has 0 amide bonds. The Morgan fingerprint density at radius 1 is 1.23 bits per heavy atom. The summed E-state index contributed by atoms with van der Waals surface area (Å²) in [6, 6.07) is 8.24. The number of hydrogen-bond donors (Lipinski definition) is 3. The lowest BCUT2D eigenvalue weighted by molar-refractivity contribution is -0.384. The molecule has 1 aromatic heterocycles. The van der Waals surface area contributed by atoms with Gasteiger partial charge in [-0.15, -0.1) is 0 Å². The fourth-order valence-electron chi connectivity index (χ4n) is 2.10. The van der Waals surface area contributed by atoms with Crippen LogP contribution in [0.3, 0.4) is 0 Å². The zero-order chi connectivity index (χ0) is 15.9. The zero-order valence-corrected chi connectivity index (χ0v) is 11.0. The number of aromatic amines is 1. The molecule has 0 spiro atoms. The number of hydrogen-bond acceptors (Lipinski definition) is 5. The van der Waals surface area contributed by atoms with Crippen molar-refractivity contribution < 1.29 is 19.9 Å². The first-order valence-electron chi connectivity index (χ1n) is 6.16. The van der Waals surface area contributed by atoms with Crippen LogP contribution in [0.25, 0.3) is 22.4 Å². The summed E-state index contributed by atoms with van der Waals surface area (Å²) in [5.41, 5.74) is 1.12. The van der Waals surface area contributed by atoms with Crippen molar-refractivity contribution in [2.45, 2.75) is 0 Å². The van der Waals surface area contributed by atoms with Gasteiger partial charge in [-0.2, -0.15) is 0 Å². The Morgan fingerprint density at radius 3 is 2.68 bits per heavy atom. The van der Waals surface area contributed by atoms with Gasteiger partial charge in [-0.1, -0.05) is 0 Å². The molecule has 110 valence electrons. The number of benzene rings is 2. The lowest BCUT2D eigenvalue weighted by Crippen LogP contribution is -1.97. The van der Waals surface area contributed by atoms with Crippen molar-refractivity contribution in [3.63, 3.8) is 0 Å². The van der Waals surface area contributed by atoms with Gasteiger partial charge in [0.2, 0.25) is 0 Å². The minimum Gasteiger partial charge on any atom is -0.507 e. The van der Waals surface area contributed by atoms with E-state index in [2.05, 4.69) is 9.97 Å². The van der Waals surface area contributed by atoms with Crippen molar-refractivity contribution in [2.75, 3.05) is 0 Å². The number of aromatic nitrogens is 2. The number of non-ortho nitro benzene ring substituents is 1. The number of carboxylic acids is 1. The first-order chi connectivity index (χ1) is 10.5. The van der Waals surface area contributed by atoms with Crippen molar-refractivity contribution in [3.8, 4) is 17.1 Å². The molecule has 8 nitrogen and oxygen atoms in total. The largest absolute Gasteiger partial charge is 0.507 e. The van der Waals surface area contributed by atoms with Crippen LogP contribution in [0.15, 0.2) is 36.4 Å². The molecular formula is C14H9N3O5. The summed E-state index contributed by atoms with van der Waals surface area (Å²) in [6.07, 6.45) is 0. The van der Waals surface area contributed by atoms with E-state index in [-0.39, 0.29) is 17.0 Å². The Bertz CT molecular complexity index is 916. The number of imidazole rings is 1. The third-order valence-electron chi connectivity index (χ3n) is 3.18. The number of carboxylic acid groups (broad SMARTS) is 1. The fourth-order valence-corrected chi connectivity index (χ4v) is 2.10. The molecule has 0 unspecified atom stereocenters. The Morgan fingerprint density at radius 2 is 2.00 bits per heavy atom. The highest BCUT2D eigenvalue weighted by molar-refractivity contribution is 5.92. The lowest BCUT2D eigenvalue weighted by Gasteiger charge is -2.01. The predicted molar refractivity (Wildman–Crippen MR) is 76.8 cm³/mol. The van der Waals surface area contributed by atoms with Crippen molar-refractivity contribution in [3.05, 3.63) is 52.1 Å². The Balaban J connectivity index is 2.12. The van der Waals surface area contributed by atoms with E-state index in [1.54, 1.807) is 0 Å². The van der Waals surface area contributed by atoms with E-state index in [9.17, 15) is 20.0 Å². The summed E-state index contributed by atoms with van der Waals surface area (Å²) in [4.78, 5) is 28.4. The van der Waals surface area contributed by atoms with Crippen LogP contribution >= 0.6 is 0 Å². The molecular weight excluding hydrogens is 290 g/mol. The number of aromatic carboxylic acids is 1. The highest BCUT2D eigenvalue weighted by Gasteiger charge is 2.14. The summed E-state index contributed by atoms with van der Waals surface area (Å²) in [5.74, 6) is -1.24. The smallest absolute Gasteiger partial charge is 0.339 e. The second kappa shape index (κ2) is 4.85. The lowest BCUT2D eigenvalue weighted by atomic mass is 10.1. The van der Waals surface area contributed by atoms with Gasteiger partial charge in [0.05, 0.1) is 16.0 Å². The van der Waals surface area contributed by atoms with Crippen LogP contribution in [0.5, 0.6) is 5.75 Å². The molecule has 0 radical (unpaired) electrons. The standard InChI is InChI=1S/C14H9N3O5/c18-12-4-1-7(5-9(12)14(19)20)13-15-10-3-2-8(17(21)22)6-11(10)16-13/h1-6,18H,(H,15,16)(H,19,20). The monoisotopic (exact) mass is 299 g/mol. The maximum absolute atomic E-state index is 11.0. The molecule has 2 aromatic carbocycles. The van der Waals surface area contributed by atoms with E-state index < -0.39 is 10.9 Å². The average molecular weight is 299 g/mol. The minimum atomic E-state index is -1.26. The molecule has 0 aliphatic heterocycles. The zero-order valence-electron chi connectivity index (χ0n) is 11.0. The van der Waals surface area contributed by atoms with Crippen LogP contribution in [0.2, 0.25) is 0 Å². The molecule has 0 saturated carbocycles. The van der Waals surface area contributed by atoms with Crippen molar-refractivity contribution in [1.29, 1.82) is 0 Å². The molecule has 0 atom stereocenters. The van der Waals surface area contributed by atoms with Crippen LogP contribution in [-0.2, 0) is 0 Å². The first-order valence-corrected chi connectivity index (χ1v) is 6.16. The molecule has 1 heterocycles. The van der Waals surface area contributed by atoms with Gasteiger partial charge in [-0.3, -0.25) is 10.1 Å². The molecule has 0 saturated heterocycles. The summed E-state index contributed by atoms with van der Waals surface area (Å²) in [7, 11) is 0. The van der Waals surface area contributed by atoms with Gasteiger partial charge < -0.3 is 15.2 Å². The molecule has 0 aliphatic rings. The number of nitrogens with one attached hydrogen (secondary N) is 1. The van der Waals surface area contributed by atoms with Gasteiger partial charge in [0.15, 0.2) is 0 Å². The Hall–Kier alpha value is -3.42. The van der Waals surface area contributed by atoms with Gasteiger partial charge in [0, 0.05) is 17.7 Å². The quantitative estimate of drug-likeness (QED) is 0.503. The number of nitro benzene ring substituents is 1. The molecule has 3 aromatic rings. The number of H-pyrrole nitrogens is 1. The Kier molecular flexibility index (Phi) is 2.99. The number of nitrogens with zero attached hydrogens (tertiary/aromatic N) is 2. The maximum Gasteiger partial charge on any atom is 0.339 e. The fraction of sp³-hybridized carbons (Fsp3) is 0. The van der Waals surface area contributed by atoms with E-state index in [0.717, 1.165) is 0 Å². The SMILES string of the molecule is O=C(O)c1cc(-c2nc3ccc([N+](=O)[O-])cc3[nH]2)ccc1O. The Labute approximate surface area is 122 Å². The van der Waals surface area contributed by atoms with Crippen molar-refractivity contribution >= 4 is 22.7 Å². The van der Waals surface area contributed by atoms with Crippen LogP contribution in [0.4, 0.5) is 5.69 Å². The van der Waals surface area contributed by atoms with E-state index in [0.29, 0.717) is 22.4 Å². The van der Waals surface area contributed by atoms with Crippen LogP contribution < -0.4 is 0 Å². The number of phenols is 1. The van der Waals surface area contributed by atoms with E-state index in [1.807, 2.05) is 0 Å². The van der Waals surface area contributed by atoms with Gasteiger partial charge in [0.25, 0.3) is 5.69 Å². The average Bonchev–Trinajstić information content (AvgIpc) is 2.90. The van der Waals surface area contributed by atoms with Gasteiger partial charge in [-0.25, -0.2) is 9.78 Å². The number of fused-ring (bicyclic) bond motifs is 1. The predicted octanol–water partition coefficient (Wildman–Crippen LogP) is 2.54. The summed E-state index contributed by atoms with van der Waals surface area (Å²) < 4.78 is 0. The van der Waals surface area contributed by atoms with E-state index >= 15 is 0 Å². The van der Waals surface area contributed by atoms with Crippen LogP contribution in [-0.4, -0.2) is 31.1 Å². The molecule has 3 N–H and O–H groups in total. The third-order valence-corrected chi connectivity index (χ3v) is 3.18. The number of aromatic hydroxyl groups is 1. The normalized spacial score (nSPS) is 10.7. The van der Waals surface area contributed by atoms with Crippen molar-refractivity contribution in [2.24, 2.45) is 0 Å². The third kappa shape index (κ3) is 2.22. The molecule has 0 fully saturated rings. The summed E-state index contributed by atoms with van der Waals surface area (Å²) in [5, 5.41) is 29.3. The number of rotatable bonds is 3. The molecule has 0 bridgehead atoms. The summed E-state index contributed by atoms with van der Waals surface area (Å²) in [6.45, 7) is 0. The van der Waals surface area contributed by atoms with Crippen LogP contribution in [0.1, 0.15) is 10.4 Å². The second-order valence-corrected chi connectivity index (χ2v) is 4.58. The van der Waals surface area contributed by atoms with Crippen molar-refractivity contribution in [1.82, 2.24) is 9.97 Å². The van der Waals surface area contributed by atoms with Gasteiger partial charge in [-0.05, 0) is 24.3 Å². The van der Waals surface area contributed by atoms with E-state index in [4.69, 9.17) is 5.11 Å². The van der Waals surface area contributed by atoms with Gasteiger partial charge >= 0.3 is 5.97 Å². The molecule has 8 heteroatoms. The number of carbonyl (C=O) groups is 1. The highest BCUT2D eigenvalue weighted by Crippen LogP contribution is 2.27.